The molecule has 0 aromatic carbocycles. The van der Waals surface area contributed by atoms with E-state index in [1.165, 1.54) is 6.26 Å². The van der Waals surface area contributed by atoms with Crippen molar-refractivity contribution in [1.29, 1.82) is 0 Å². The molecular formula is C12H18ClNO3. The van der Waals surface area contributed by atoms with E-state index < -0.39 is 0 Å². The van der Waals surface area contributed by atoms with E-state index in [-0.39, 0.29) is 17.2 Å². The number of hydrogen-bond acceptors (Lipinski definition) is 3. The quantitative estimate of drug-likeness (QED) is 0.766. The van der Waals surface area contributed by atoms with Crippen LogP contribution in [0.1, 0.15) is 37.0 Å². The van der Waals surface area contributed by atoms with Gasteiger partial charge < -0.3 is 14.5 Å². The minimum atomic E-state index is -0.200. The zero-order valence-corrected chi connectivity index (χ0v) is 10.9. The zero-order chi connectivity index (χ0) is 12.7. The molecule has 0 radical (unpaired) electrons. The van der Waals surface area contributed by atoms with E-state index in [0.29, 0.717) is 12.1 Å². The van der Waals surface area contributed by atoms with E-state index in [4.69, 9.17) is 20.8 Å². The van der Waals surface area contributed by atoms with Crippen molar-refractivity contribution >= 4 is 17.5 Å². The molecule has 0 aliphatic rings. The number of carbonyl (C=O) groups excluding carboxylic acids is 1. The Labute approximate surface area is 106 Å². The Hall–Kier alpha value is -1.00. The van der Waals surface area contributed by atoms with Crippen molar-refractivity contribution in [3.63, 3.8) is 0 Å². The van der Waals surface area contributed by atoms with Gasteiger partial charge in [-0.25, -0.2) is 0 Å². The van der Waals surface area contributed by atoms with Gasteiger partial charge in [-0.15, -0.1) is 0 Å². The van der Waals surface area contributed by atoms with Crippen LogP contribution >= 0.6 is 11.6 Å². The second-order valence-corrected chi connectivity index (χ2v) is 4.33. The van der Waals surface area contributed by atoms with Crippen LogP contribution in [-0.2, 0) is 4.74 Å². The molecule has 96 valence electrons. The summed E-state index contributed by atoms with van der Waals surface area (Å²) in [7, 11) is 0. The normalized spacial score (nSPS) is 10.8. The predicted molar refractivity (Wildman–Crippen MR) is 66.4 cm³/mol. The van der Waals surface area contributed by atoms with Gasteiger partial charge >= 0.3 is 0 Å². The van der Waals surface area contributed by atoms with Crippen LogP contribution in [0.15, 0.2) is 16.7 Å². The van der Waals surface area contributed by atoms with E-state index in [1.54, 1.807) is 6.07 Å². The largest absolute Gasteiger partial charge is 0.452 e. The first kappa shape index (κ1) is 14.1. The average molecular weight is 260 g/mol. The van der Waals surface area contributed by atoms with Crippen LogP contribution in [-0.4, -0.2) is 25.2 Å². The average Bonchev–Trinajstić information content (AvgIpc) is 2.69. The van der Waals surface area contributed by atoms with Crippen molar-refractivity contribution in [3.8, 4) is 0 Å². The monoisotopic (exact) mass is 259 g/mol. The minimum absolute atomic E-state index is 0.130. The highest BCUT2D eigenvalue weighted by atomic mass is 35.5. The maximum atomic E-state index is 11.6. The number of furan rings is 1. The molecule has 0 spiro atoms. The molecule has 0 saturated heterocycles. The summed E-state index contributed by atoms with van der Waals surface area (Å²) < 4.78 is 10.2. The molecule has 0 bridgehead atoms. The van der Waals surface area contributed by atoms with E-state index in [9.17, 15) is 4.79 Å². The fourth-order valence-corrected chi connectivity index (χ4v) is 1.50. The van der Waals surface area contributed by atoms with Crippen LogP contribution in [0.2, 0.25) is 5.22 Å². The molecule has 5 heteroatoms. The van der Waals surface area contributed by atoms with Crippen molar-refractivity contribution in [2.24, 2.45) is 0 Å². The number of ether oxygens (including phenoxy) is 1. The molecule has 4 nitrogen and oxygen atoms in total. The van der Waals surface area contributed by atoms with Gasteiger partial charge in [0.05, 0.1) is 17.9 Å². The van der Waals surface area contributed by atoms with Crippen LogP contribution in [0, 0.1) is 0 Å². The van der Waals surface area contributed by atoms with Crippen LogP contribution in [0.3, 0.4) is 0 Å². The summed E-state index contributed by atoms with van der Waals surface area (Å²) in [6.45, 7) is 5.34. The summed E-state index contributed by atoms with van der Waals surface area (Å²) in [6, 6.07) is 1.56. The van der Waals surface area contributed by atoms with Crippen LogP contribution < -0.4 is 5.32 Å². The zero-order valence-electron chi connectivity index (χ0n) is 10.2. The van der Waals surface area contributed by atoms with Gasteiger partial charge in [0.25, 0.3) is 5.91 Å². The maximum Gasteiger partial charge on any atom is 0.256 e. The van der Waals surface area contributed by atoms with Gasteiger partial charge in [0.15, 0.2) is 0 Å². The van der Waals surface area contributed by atoms with Crippen molar-refractivity contribution in [2.75, 3.05) is 13.2 Å². The summed E-state index contributed by atoms with van der Waals surface area (Å²) >= 11 is 5.68. The lowest BCUT2D eigenvalue weighted by molar-refractivity contribution is 0.0754. The minimum Gasteiger partial charge on any atom is -0.452 e. The molecule has 1 amide bonds. The molecule has 1 aromatic rings. The van der Waals surface area contributed by atoms with Crippen molar-refractivity contribution < 1.29 is 13.9 Å². The Bertz CT molecular complexity index is 349. The molecule has 0 saturated carbocycles. The SMILES string of the molecule is CC(C)OCCCCNC(=O)c1ccoc1Cl. The lowest BCUT2D eigenvalue weighted by Crippen LogP contribution is -2.24. The maximum absolute atomic E-state index is 11.6. The molecule has 1 aromatic heterocycles. The summed E-state index contributed by atoms with van der Waals surface area (Å²) in [5.41, 5.74) is 0.380. The van der Waals surface area contributed by atoms with Gasteiger partial charge in [0.2, 0.25) is 5.22 Å². The van der Waals surface area contributed by atoms with E-state index >= 15 is 0 Å². The third kappa shape index (κ3) is 5.24. The summed E-state index contributed by atoms with van der Waals surface area (Å²) in [4.78, 5) is 11.6. The second kappa shape index (κ2) is 7.35. The summed E-state index contributed by atoms with van der Waals surface area (Å²) in [5.74, 6) is -0.200. The highest BCUT2D eigenvalue weighted by Gasteiger charge is 2.11. The molecule has 1 rings (SSSR count). The molecule has 0 fully saturated rings. The standard InChI is InChI=1S/C12H18ClNO3/c1-9(2)16-7-4-3-6-14-12(15)10-5-8-17-11(10)13/h5,8-9H,3-4,6-7H2,1-2H3,(H,14,15). The summed E-state index contributed by atoms with van der Waals surface area (Å²) in [6.07, 6.45) is 3.47. The molecule has 0 aliphatic heterocycles. The first-order valence-electron chi connectivity index (χ1n) is 5.74. The highest BCUT2D eigenvalue weighted by Crippen LogP contribution is 2.15. The Balaban J connectivity index is 2.11. The molecule has 1 N–H and O–H groups in total. The van der Waals surface area contributed by atoms with Gasteiger partial charge in [-0.1, -0.05) is 0 Å². The van der Waals surface area contributed by atoms with E-state index in [2.05, 4.69) is 5.32 Å². The fourth-order valence-electron chi connectivity index (χ4n) is 1.30. The number of amides is 1. The third-order valence-corrected chi connectivity index (χ3v) is 2.46. The Morgan fingerprint density at radius 1 is 1.53 bits per heavy atom. The van der Waals surface area contributed by atoms with Gasteiger partial charge in [0, 0.05) is 13.2 Å². The number of nitrogens with one attached hydrogen (secondary N) is 1. The topological polar surface area (TPSA) is 51.5 Å². The van der Waals surface area contributed by atoms with E-state index in [0.717, 1.165) is 19.4 Å². The predicted octanol–water partition coefficient (Wildman–Crippen LogP) is 2.87. The van der Waals surface area contributed by atoms with E-state index in [1.807, 2.05) is 13.8 Å². The number of hydrogen-bond donors (Lipinski definition) is 1. The third-order valence-electron chi connectivity index (χ3n) is 2.17. The number of rotatable bonds is 7. The van der Waals surface area contributed by atoms with Gasteiger partial charge in [0.1, 0.15) is 0 Å². The molecule has 1 heterocycles. The highest BCUT2D eigenvalue weighted by molar-refractivity contribution is 6.32. The molecule has 17 heavy (non-hydrogen) atoms. The fraction of sp³-hybridized carbons (Fsp3) is 0.583. The van der Waals surface area contributed by atoms with Crippen LogP contribution in [0.25, 0.3) is 0 Å². The first-order chi connectivity index (χ1) is 8.11. The van der Waals surface area contributed by atoms with Crippen LogP contribution in [0.5, 0.6) is 0 Å². The van der Waals surface area contributed by atoms with Gasteiger partial charge in [-0.3, -0.25) is 4.79 Å². The lowest BCUT2D eigenvalue weighted by Gasteiger charge is -2.07. The number of unbranched alkanes of at least 4 members (excludes halogenated alkanes) is 1. The number of halogens is 1. The van der Waals surface area contributed by atoms with Crippen LogP contribution in [0.4, 0.5) is 0 Å². The second-order valence-electron chi connectivity index (χ2n) is 3.99. The Kier molecular flexibility index (Phi) is 6.08. The van der Waals surface area contributed by atoms with Gasteiger partial charge in [-0.05, 0) is 44.4 Å². The van der Waals surface area contributed by atoms with Crippen molar-refractivity contribution in [3.05, 3.63) is 23.1 Å². The number of carbonyl (C=O) groups is 1. The Morgan fingerprint density at radius 3 is 2.88 bits per heavy atom. The Morgan fingerprint density at radius 2 is 2.29 bits per heavy atom. The van der Waals surface area contributed by atoms with Gasteiger partial charge in [-0.2, -0.15) is 0 Å². The lowest BCUT2D eigenvalue weighted by atomic mass is 10.3. The molecule has 0 atom stereocenters. The van der Waals surface area contributed by atoms with Crippen molar-refractivity contribution in [2.45, 2.75) is 32.8 Å². The van der Waals surface area contributed by atoms with Crippen molar-refractivity contribution in [1.82, 2.24) is 5.32 Å². The smallest absolute Gasteiger partial charge is 0.256 e. The molecular weight excluding hydrogens is 242 g/mol. The molecule has 0 aliphatic carbocycles. The molecule has 0 unspecified atom stereocenters. The first-order valence-corrected chi connectivity index (χ1v) is 6.12. The summed E-state index contributed by atoms with van der Waals surface area (Å²) in [5, 5.41) is 2.91.